The number of anilines is 2. The summed E-state index contributed by atoms with van der Waals surface area (Å²) in [5, 5.41) is 0. The van der Waals surface area contributed by atoms with E-state index in [1.807, 2.05) is 13.1 Å². The van der Waals surface area contributed by atoms with Gasteiger partial charge in [0.25, 0.3) is 0 Å². The van der Waals surface area contributed by atoms with Crippen LogP contribution in [-0.2, 0) is 0 Å². The lowest BCUT2D eigenvalue weighted by molar-refractivity contribution is 1.09. The van der Waals surface area contributed by atoms with Crippen LogP contribution in [0.4, 0.5) is 11.6 Å². The van der Waals surface area contributed by atoms with Gasteiger partial charge >= 0.3 is 0 Å². The summed E-state index contributed by atoms with van der Waals surface area (Å²) in [6, 6.07) is 0. The average molecular weight is 163 g/mol. The Labute approximate surface area is 69.0 Å². The number of nitrogens with zero attached hydrogens (tertiary/aromatic N) is 3. The molecule has 5 heteroatoms. The monoisotopic (exact) mass is 163 g/mol. The van der Waals surface area contributed by atoms with Gasteiger partial charge in [0.15, 0.2) is 0 Å². The lowest BCUT2D eigenvalue weighted by Crippen LogP contribution is -1.97. The smallest absolute Gasteiger partial charge is 0.237 e. The van der Waals surface area contributed by atoms with Crippen LogP contribution in [0.2, 0.25) is 0 Å². The molecule has 0 saturated carbocycles. The molecule has 0 aliphatic rings. The van der Waals surface area contributed by atoms with Crippen molar-refractivity contribution in [3.05, 3.63) is 18.0 Å². The Bertz CT molecular complexity index is 392. The molecule has 5 nitrogen and oxygen atoms in total. The second kappa shape index (κ2) is 2.10. The first kappa shape index (κ1) is 6.90. The molecular formula is C7H9N5. The maximum Gasteiger partial charge on any atom is 0.237 e. The van der Waals surface area contributed by atoms with Gasteiger partial charge in [-0.3, -0.25) is 4.40 Å². The van der Waals surface area contributed by atoms with Crippen LogP contribution in [0, 0.1) is 6.92 Å². The number of aromatic nitrogens is 3. The van der Waals surface area contributed by atoms with Crippen molar-refractivity contribution >= 4 is 17.4 Å². The van der Waals surface area contributed by atoms with Crippen LogP contribution in [0.1, 0.15) is 5.56 Å². The van der Waals surface area contributed by atoms with Crippen LogP contribution in [0.5, 0.6) is 0 Å². The van der Waals surface area contributed by atoms with E-state index in [2.05, 4.69) is 9.97 Å². The zero-order chi connectivity index (χ0) is 8.72. The van der Waals surface area contributed by atoms with Gasteiger partial charge in [0.2, 0.25) is 5.78 Å². The Morgan fingerprint density at radius 3 is 2.75 bits per heavy atom. The van der Waals surface area contributed by atoms with Gasteiger partial charge in [0.1, 0.15) is 11.6 Å². The molecule has 0 aromatic carbocycles. The topological polar surface area (TPSA) is 82.2 Å². The highest BCUT2D eigenvalue weighted by Crippen LogP contribution is 2.10. The van der Waals surface area contributed by atoms with Crippen LogP contribution < -0.4 is 11.5 Å². The zero-order valence-corrected chi connectivity index (χ0v) is 6.65. The van der Waals surface area contributed by atoms with Gasteiger partial charge in [0, 0.05) is 11.8 Å². The van der Waals surface area contributed by atoms with Gasteiger partial charge in [-0.05, 0) is 6.92 Å². The number of nitrogen functional groups attached to an aromatic ring is 2. The Hall–Kier alpha value is -1.78. The number of imidazole rings is 1. The molecule has 0 radical (unpaired) electrons. The van der Waals surface area contributed by atoms with Gasteiger partial charge in [-0.15, -0.1) is 0 Å². The van der Waals surface area contributed by atoms with Crippen molar-refractivity contribution in [2.24, 2.45) is 0 Å². The molecule has 0 bridgehead atoms. The van der Waals surface area contributed by atoms with E-state index in [1.54, 1.807) is 10.6 Å². The number of hydrogen-bond acceptors (Lipinski definition) is 4. The molecule has 0 atom stereocenters. The fraction of sp³-hybridized carbons (Fsp3) is 0.143. The Kier molecular flexibility index (Phi) is 1.21. The summed E-state index contributed by atoms with van der Waals surface area (Å²) in [6.45, 7) is 1.89. The van der Waals surface area contributed by atoms with E-state index in [4.69, 9.17) is 11.5 Å². The first-order chi connectivity index (χ1) is 5.66. The molecule has 0 spiro atoms. The maximum atomic E-state index is 5.59. The second-order valence-electron chi connectivity index (χ2n) is 2.68. The molecule has 0 fully saturated rings. The third-order valence-electron chi connectivity index (χ3n) is 1.69. The fourth-order valence-electron chi connectivity index (χ4n) is 1.05. The summed E-state index contributed by atoms with van der Waals surface area (Å²) >= 11 is 0. The summed E-state index contributed by atoms with van der Waals surface area (Å²) in [5.41, 5.74) is 12.0. The highest BCUT2D eigenvalue weighted by molar-refractivity contribution is 5.48. The standard InChI is InChI=1S/C7H9N5/c1-4-2-12-3-5(8)10-7(12)11-6(4)9/h2-3H,8H2,1H3,(H2,9,10,11). The van der Waals surface area contributed by atoms with Crippen LogP contribution in [-0.4, -0.2) is 14.4 Å². The summed E-state index contributed by atoms with van der Waals surface area (Å²) in [5.74, 6) is 1.48. The molecule has 4 N–H and O–H groups in total. The Morgan fingerprint density at radius 2 is 2.00 bits per heavy atom. The normalized spacial score (nSPS) is 10.8. The fourth-order valence-corrected chi connectivity index (χ4v) is 1.05. The van der Waals surface area contributed by atoms with Crippen molar-refractivity contribution < 1.29 is 0 Å². The van der Waals surface area contributed by atoms with Gasteiger partial charge in [-0.2, -0.15) is 9.97 Å². The van der Waals surface area contributed by atoms with Gasteiger partial charge in [-0.25, -0.2) is 0 Å². The number of rotatable bonds is 0. The van der Waals surface area contributed by atoms with E-state index in [-0.39, 0.29) is 0 Å². The zero-order valence-electron chi connectivity index (χ0n) is 6.65. The molecule has 0 aliphatic carbocycles. The van der Waals surface area contributed by atoms with Gasteiger partial charge in [-0.1, -0.05) is 0 Å². The van der Waals surface area contributed by atoms with Crippen molar-refractivity contribution in [2.75, 3.05) is 11.5 Å². The third-order valence-corrected chi connectivity index (χ3v) is 1.69. The minimum Gasteiger partial charge on any atom is -0.383 e. The number of nitrogens with two attached hydrogens (primary N) is 2. The number of fused-ring (bicyclic) bond motifs is 1. The van der Waals surface area contributed by atoms with E-state index < -0.39 is 0 Å². The first-order valence-electron chi connectivity index (χ1n) is 3.54. The first-order valence-corrected chi connectivity index (χ1v) is 3.54. The van der Waals surface area contributed by atoms with Crippen LogP contribution in [0.3, 0.4) is 0 Å². The lowest BCUT2D eigenvalue weighted by Gasteiger charge is -1.98. The highest BCUT2D eigenvalue weighted by atomic mass is 15.1. The average Bonchev–Trinajstić information content (AvgIpc) is 2.30. The minimum absolute atomic E-state index is 0.451. The minimum atomic E-state index is 0.451. The van der Waals surface area contributed by atoms with Crippen LogP contribution >= 0.6 is 0 Å². The molecule has 2 aromatic heterocycles. The summed E-state index contributed by atoms with van der Waals surface area (Å²) in [4.78, 5) is 8.01. The van der Waals surface area contributed by atoms with Crippen molar-refractivity contribution in [3.63, 3.8) is 0 Å². The molecule has 62 valence electrons. The predicted octanol–water partition coefficient (Wildman–Crippen LogP) is 0.202. The molecule has 0 aliphatic heterocycles. The van der Waals surface area contributed by atoms with E-state index in [0.29, 0.717) is 17.4 Å². The SMILES string of the molecule is Cc1cn2cc(N)nc2nc1N. The van der Waals surface area contributed by atoms with Crippen molar-refractivity contribution in [1.82, 2.24) is 14.4 Å². The molecule has 2 heterocycles. The molecule has 0 saturated heterocycles. The molecule has 0 amide bonds. The van der Waals surface area contributed by atoms with E-state index in [0.717, 1.165) is 5.56 Å². The van der Waals surface area contributed by atoms with Crippen molar-refractivity contribution in [2.45, 2.75) is 6.92 Å². The summed E-state index contributed by atoms with van der Waals surface area (Å²) in [6.07, 6.45) is 3.55. The lowest BCUT2D eigenvalue weighted by atomic mass is 10.3. The largest absolute Gasteiger partial charge is 0.383 e. The predicted molar refractivity (Wildman–Crippen MR) is 46.5 cm³/mol. The molecule has 2 rings (SSSR count). The molecular weight excluding hydrogens is 154 g/mol. The summed E-state index contributed by atoms with van der Waals surface area (Å²) < 4.78 is 1.75. The van der Waals surface area contributed by atoms with Crippen molar-refractivity contribution in [3.8, 4) is 0 Å². The van der Waals surface area contributed by atoms with Gasteiger partial charge in [0.05, 0.1) is 6.20 Å². The molecule has 12 heavy (non-hydrogen) atoms. The Morgan fingerprint density at radius 1 is 1.25 bits per heavy atom. The van der Waals surface area contributed by atoms with E-state index in [1.165, 1.54) is 0 Å². The second-order valence-corrected chi connectivity index (χ2v) is 2.68. The van der Waals surface area contributed by atoms with Crippen LogP contribution in [0.25, 0.3) is 5.78 Å². The molecule has 2 aromatic rings. The number of aryl methyl sites for hydroxylation is 1. The highest BCUT2D eigenvalue weighted by Gasteiger charge is 2.01. The number of hydrogen-bond donors (Lipinski definition) is 2. The Balaban J connectivity index is 2.83. The quantitative estimate of drug-likeness (QED) is 0.581. The van der Waals surface area contributed by atoms with Crippen LogP contribution in [0.15, 0.2) is 12.4 Å². The van der Waals surface area contributed by atoms with Gasteiger partial charge < -0.3 is 11.5 Å². The third kappa shape index (κ3) is 0.868. The van der Waals surface area contributed by atoms with Crippen molar-refractivity contribution in [1.29, 1.82) is 0 Å². The van der Waals surface area contributed by atoms with E-state index >= 15 is 0 Å². The summed E-state index contributed by atoms with van der Waals surface area (Å²) in [7, 11) is 0. The molecule has 0 unspecified atom stereocenters. The van der Waals surface area contributed by atoms with E-state index in [9.17, 15) is 0 Å². The maximum absolute atomic E-state index is 5.59.